The molecule has 1 aromatic heterocycles. The summed E-state index contributed by atoms with van der Waals surface area (Å²) in [5.74, 6) is -1.20. The molecule has 3 nitrogen and oxygen atoms in total. The Hall–Kier alpha value is -1.91. The Morgan fingerprint density at radius 3 is 2.50 bits per heavy atom. The van der Waals surface area contributed by atoms with Crippen molar-refractivity contribution in [3.63, 3.8) is 0 Å². The summed E-state index contributed by atoms with van der Waals surface area (Å²) in [5, 5.41) is 3.84. The van der Waals surface area contributed by atoms with Gasteiger partial charge in [-0.05, 0) is 30.5 Å². The van der Waals surface area contributed by atoms with Gasteiger partial charge in [0.15, 0.2) is 0 Å². The van der Waals surface area contributed by atoms with Crippen LogP contribution in [0.5, 0.6) is 0 Å². The molecule has 2 rings (SSSR count). The van der Waals surface area contributed by atoms with Gasteiger partial charge in [-0.25, -0.2) is 8.78 Å². The van der Waals surface area contributed by atoms with E-state index in [-0.39, 0.29) is 5.88 Å². The highest BCUT2D eigenvalue weighted by atomic mass is 19.1. The Labute approximate surface area is 104 Å². The van der Waals surface area contributed by atoms with E-state index < -0.39 is 11.6 Å². The highest BCUT2D eigenvalue weighted by Crippen LogP contribution is 2.31. The van der Waals surface area contributed by atoms with Gasteiger partial charge in [-0.15, -0.1) is 0 Å². The normalized spacial score (nSPS) is 10.8. The van der Waals surface area contributed by atoms with E-state index in [2.05, 4.69) is 5.16 Å². The quantitative estimate of drug-likeness (QED) is 0.905. The first-order chi connectivity index (χ1) is 8.61. The lowest BCUT2D eigenvalue weighted by atomic mass is 10.0. The molecule has 0 fully saturated rings. The van der Waals surface area contributed by atoms with Gasteiger partial charge in [0.1, 0.15) is 11.6 Å². The first-order valence-corrected chi connectivity index (χ1v) is 5.82. The predicted octanol–water partition coefficient (Wildman–Crippen LogP) is 3.54. The standard InChI is InChI=1S/C13H14F2N2O/c1-2-3-4-11-12(13(16)18-17-11)8-5-9(14)7-10(15)6-8/h5-7H,2-4,16H2,1H3. The number of anilines is 1. The highest BCUT2D eigenvalue weighted by molar-refractivity contribution is 5.75. The van der Waals surface area contributed by atoms with E-state index in [1.807, 2.05) is 6.92 Å². The molecule has 0 amide bonds. The maximum Gasteiger partial charge on any atom is 0.230 e. The second kappa shape index (κ2) is 5.16. The highest BCUT2D eigenvalue weighted by Gasteiger charge is 2.16. The Morgan fingerprint density at radius 2 is 1.89 bits per heavy atom. The third kappa shape index (κ3) is 2.50. The van der Waals surface area contributed by atoms with E-state index in [9.17, 15) is 8.78 Å². The third-order valence-electron chi connectivity index (χ3n) is 2.71. The van der Waals surface area contributed by atoms with Crippen molar-refractivity contribution in [1.82, 2.24) is 5.16 Å². The Morgan fingerprint density at radius 1 is 1.22 bits per heavy atom. The van der Waals surface area contributed by atoms with Gasteiger partial charge in [0.25, 0.3) is 0 Å². The molecular formula is C13H14F2N2O. The van der Waals surface area contributed by atoms with Crippen LogP contribution in [0.25, 0.3) is 11.1 Å². The number of nitrogen functional groups attached to an aromatic ring is 1. The third-order valence-corrected chi connectivity index (χ3v) is 2.71. The molecule has 1 aromatic carbocycles. The molecule has 1 heterocycles. The molecule has 0 atom stereocenters. The van der Waals surface area contributed by atoms with E-state index in [0.717, 1.165) is 18.9 Å². The summed E-state index contributed by atoms with van der Waals surface area (Å²) in [6.07, 6.45) is 2.57. The van der Waals surface area contributed by atoms with Crippen molar-refractivity contribution in [3.05, 3.63) is 35.5 Å². The number of hydrogen-bond acceptors (Lipinski definition) is 3. The van der Waals surface area contributed by atoms with Crippen LogP contribution in [0.4, 0.5) is 14.7 Å². The van der Waals surface area contributed by atoms with Crippen LogP contribution in [-0.4, -0.2) is 5.16 Å². The van der Waals surface area contributed by atoms with Gasteiger partial charge in [-0.3, -0.25) is 0 Å². The van der Waals surface area contributed by atoms with Crippen LogP contribution in [-0.2, 0) is 6.42 Å². The fourth-order valence-electron chi connectivity index (χ4n) is 1.86. The average molecular weight is 252 g/mol. The van der Waals surface area contributed by atoms with Gasteiger partial charge in [0.05, 0.1) is 11.3 Å². The van der Waals surface area contributed by atoms with Crippen LogP contribution < -0.4 is 5.73 Å². The maximum atomic E-state index is 13.2. The molecule has 0 radical (unpaired) electrons. The number of hydrogen-bond donors (Lipinski definition) is 1. The van der Waals surface area contributed by atoms with E-state index >= 15 is 0 Å². The van der Waals surface area contributed by atoms with Gasteiger partial charge in [0.2, 0.25) is 5.88 Å². The molecule has 5 heteroatoms. The minimum absolute atomic E-state index is 0.0890. The Balaban J connectivity index is 2.45. The number of halogens is 2. The van der Waals surface area contributed by atoms with Gasteiger partial charge in [-0.1, -0.05) is 18.5 Å². The molecule has 2 N–H and O–H groups in total. The van der Waals surface area contributed by atoms with Crippen molar-refractivity contribution < 1.29 is 13.3 Å². The average Bonchev–Trinajstić information content (AvgIpc) is 2.66. The minimum atomic E-state index is -0.646. The van der Waals surface area contributed by atoms with E-state index in [1.54, 1.807) is 0 Å². The van der Waals surface area contributed by atoms with E-state index in [0.29, 0.717) is 23.2 Å². The molecule has 2 aromatic rings. The van der Waals surface area contributed by atoms with Crippen LogP contribution in [0.2, 0.25) is 0 Å². The second-order valence-electron chi connectivity index (χ2n) is 4.13. The summed E-state index contributed by atoms with van der Waals surface area (Å²) in [4.78, 5) is 0. The molecule has 0 saturated carbocycles. The second-order valence-corrected chi connectivity index (χ2v) is 4.13. The lowest BCUT2D eigenvalue weighted by molar-refractivity contribution is 0.426. The summed E-state index contributed by atoms with van der Waals surface area (Å²) in [6, 6.07) is 3.27. The largest absolute Gasteiger partial charge is 0.367 e. The van der Waals surface area contributed by atoms with E-state index in [1.165, 1.54) is 12.1 Å². The van der Waals surface area contributed by atoms with Crippen molar-refractivity contribution in [2.75, 3.05) is 5.73 Å². The number of aryl methyl sites for hydroxylation is 1. The van der Waals surface area contributed by atoms with Crippen molar-refractivity contribution >= 4 is 5.88 Å². The Kier molecular flexibility index (Phi) is 3.60. The molecule has 0 aliphatic rings. The van der Waals surface area contributed by atoms with Crippen LogP contribution in [0.3, 0.4) is 0 Å². The molecule has 0 aliphatic carbocycles. The smallest absolute Gasteiger partial charge is 0.230 e. The number of nitrogens with zero attached hydrogens (tertiary/aromatic N) is 1. The van der Waals surface area contributed by atoms with Crippen LogP contribution >= 0.6 is 0 Å². The van der Waals surface area contributed by atoms with Crippen LogP contribution in [0, 0.1) is 11.6 Å². The summed E-state index contributed by atoms with van der Waals surface area (Å²) in [7, 11) is 0. The SMILES string of the molecule is CCCCc1noc(N)c1-c1cc(F)cc(F)c1. The monoisotopic (exact) mass is 252 g/mol. The summed E-state index contributed by atoms with van der Waals surface area (Å²) in [5.41, 5.74) is 7.16. The fraction of sp³-hybridized carbons (Fsp3) is 0.308. The summed E-state index contributed by atoms with van der Waals surface area (Å²) in [6.45, 7) is 2.05. The van der Waals surface area contributed by atoms with Gasteiger partial charge >= 0.3 is 0 Å². The molecule has 0 unspecified atom stereocenters. The molecule has 0 aliphatic heterocycles. The lowest BCUT2D eigenvalue weighted by Gasteiger charge is -2.03. The maximum absolute atomic E-state index is 13.2. The minimum Gasteiger partial charge on any atom is -0.367 e. The molecular weight excluding hydrogens is 238 g/mol. The zero-order valence-electron chi connectivity index (χ0n) is 10.0. The van der Waals surface area contributed by atoms with Gasteiger partial charge in [0, 0.05) is 6.07 Å². The van der Waals surface area contributed by atoms with E-state index in [4.69, 9.17) is 10.3 Å². The molecule has 18 heavy (non-hydrogen) atoms. The molecule has 0 bridgehead atoms. The Bertz CT molecular complexity index is 532. The van der Waals surface area contributed by atoms with Crippen molar-refractivity contribution in [1.29, 1.82) is 0 Å². The van der Waals surface area contributed by atoms with Crippen molar-refractivity contribution in [2.24, 2.45) is 0 Å². The first kappa shape index (κ1) is 12.5. The number of rotatable bonds is 4. The van der Waals surface area contributed by atoms with Crippen LogP contribution in [0.15, 0.2) is 22.7 Å². The zero-order valence-corrected chi connectivity index (χ0v) is 10.0. The lowest BCUT2D eigenvalue weighted by Crippen LogP contribution is -1.93. The van der Waals surface area contributed by atoms with Gasteiger partial charge < -0.3 is 10.3 Å². The predicted molar refractivity (Wildman–Crippen MR) is 64.9 cm³/mol. The number of unbranched alkanes of at least 4 members (excludes halogenated alkanes) is 1. The van der Waals surface area contributed by atoms with Gasteiger partial charge in [-0.2, -0.15) is 0 Å². The molecule has 0 saturated heterocycles. The molecule has 0 spiro atoms. The topological polar surface area (TPSA) is 52.0 Å². The fourth-order valence-corrected chi connectivity index (χ4v) is 1.86. The number of aromatic nitrogens is 1. The number of benzene rings is 1. The first-order valence-electron chi connectivity index (χ1n) is 5.82. The van der Waals surface area contributed by atoms with Crippen molar-refractivity contribution in [2.45, 2.75) is 26.2 Å². The number of nitrogens with two attached hydrogens (primary N) is 1. The van der Waals surface area contributed by atoms with Crippen LogP contribution in [0.1, 0.15) is 25.5 Å². The molecule has 96 valence electrons. The van der Waals surface area contributed by atoms with Crippen molar-refractivity contribution in [3.8, 4) is 11.1 Å². The summed E-state index contributed by atoms with van der Waals surface area (Å²) >= 11 is 0. The zero-order chi connectivity index (χ0) is 13.1. The summed E-state index contributed by atoms with van der Waals surface area (Å²) < 4.78 is 31.3.